The van der Waals surface area contributed by atoms with Crippen molar-refractivity contribution in [1.82, 2.24) is 0 Å². The predicted molar refractivity (Wildman–Crippen MR) is 54.4 cm³/mol. The molecule has 0 bridgehead atoms. The molecule has 0 radical (unpaired) electrons. The highest BCUT2D eigenvalue weighted by atomic mass is 19.1. The molecular weight excluding hydrogens is 179 g/mol. The molecule has 1 fully saturated rings. The summed E-state index contributed by atoms with van der Waals surface area (Å²) in [5.74, 6) is 0.862. The molecule has 1 aromatic rings. The van der Waals surface area contributed by atoms with Gasteiger partial charge < -0.3 is 4.74 Å². The van der Waals surface area contributed by atoms with Crippen LogP contribution in [0.5, 0.6) is 5.75 Å². The summed E-state index contributed by atoms with van der Waals surface area (Å²) in [6.07, 6.45) is 2.22. The van der Waals surface area contributed by atoms with Gasteiger partial charge in [0.05, 0.1) is 7.11 Å². The van der Waals surface area contributed by atoms with Gasteiger partial charge in [0, 0.05) is 0 Å². The van der Waals surface area contributed by atoms with Gasteiger partial charge in [-0.15, -0.1) is 0 Å². The number of hydrogen-bond donors (Lipinski definition) is 0. The minimum atomic E-state index is -1.03. The fourth-order valence-corrected chi connectivity index (χ4v) is 1.73. The average Bonchev–Trinajstić information content (AvgIpc) is 2.97. The molecule has 0 saturated heterocycles. The van der Waals surface area contributed by atoms with Gasteiger partial charge in [0.2, 0.25) is 0 Å². The van der Waals surface area contributed by atoms with Crippen LogP contribution in [0.4, 0.5) is 4.39 Å². The van der Waals surface area contributed by atoms with Gasteiger partial charge in [-0.05, 0) is 42.5 Å². The Labute approximate surface area is 83.9 Å². The van der Waals surface area contributed by atoms with Crippen molar-refractivity contribution in [2.45, 2.75) is 31.9 Å². The Kier molecular flexibility index (Phi) is 2.22. The lowest BCUT2D eigenvalue weighted by Crippen LogP contribution is -2.00. The first-order valence-corrected chi connectivity index (χ1v) is 5.06. The van der Waals surface area contributed by atoms with Crippen molar-refractivity contribution in [2.24, 2.45) is 0 Å². The molecule has 0 heterocycles. The third-order valence-corrected chi connectivity index (χ3v) is 2.87. The van der Waals surface area contributed by atoms with Crippen LogP contribution in [0.2, 0.25) is 0 Å². The van der Waals surface area contributed by atoms with Gasteiger partial charge in [0.1, 0.15) is 11.4 Å². The van der Waals surface area contributed by atoms with Crippen molar-refractivity contribution in [3.8, 4) is 5.75 Å². The van der Waals surface area contributed by atoms with Crippen molar-refractivity contribution >= 4 is 0 Å². The second-order valence-corrected chi connectivity index (χ2v) is 3.85. The van der Waals surface area contributed by atoms with E-state index in [0.717, 1.165) is 23.3 Å². The molecule has 2 heteroatoms. The Balaban J connectivity index is 2.36. The zero-order valence-electron chi connectivity index (χ0n) is 8.64. The predicted octanol–water partition coefficient (Wildman–Crippen LogP) is 3.22. The van der Waals surface area contributed by atoms with Gasteiger partial charge >= 0.3 is 0 Å². The first kappa shape index (κ1) is 9.50. The second-order valence-electron chi connectivity index (χ2n) is 3.85. The summed E-state index contributed by atoms with van der Waals surface area (Å²) in [6.45, 7) is 2.05. The SMILES string of the molecule is CCc1cc(C2(F)CC2)ccc1OC. The molecule has 2 rings (SSSR count). The van der Waals surface area contributed by atoms with E-state index in [0.29, 0.717) is 12.8 Å². The van der Waals surface area contributed by atoms with Crippen LogP contribution in [0.15, 0.2) is 18.2 Å². The maximum absolute atomic E-state index is 13.7. The van der Waals surface area contributed by atoms with E-state index < -0.39 is 5.67 Å². The molecule has 1 saturated carbocycles. The first-order valence-electron chi connectivity index (χ1n) is 5.06. The van der Waals surface area contributed by atoms with Crippen molar-refractivity contribution in [1.29, 1.82) is 0 Å². The maximum Gasteiger partial charge on any atom is 0.136 e. The highest BCUT2D eigenvalue weighted by Crippen LogP contribution is 2.50. The highest BCUT2D eigenvalue weighted by molar-refractivity contribution is 5.41. The Morgan fingerprint density at radius 1 is 1.43 bits per heavy atom. The van der Waals surface area contributed by atoms with E-state index in [1.54, 1.807) is 7.11 Å². The van der Waals surface area contributed by atoms with Crippen LogP contribution in [-0.4, -0.2) is 7.11 Å². The average molecular weight is 194 g/mol. The van der Waals surface area contributed by atoms with Gasteiger partial charge in [0.25, 0.3) is 0 Å². The minimum absolute atomic E-state index is 0.669. The molecule has 14 heavy (non-hydrogen) atoms. The lowest BCUT2D eigenvalue weighted by atomic mass is 10.0. The number of methoxy groups -OCH3 is 1. The van der Waals surface area contributed by atoms with E-state index >= 15 is 0 Å². The van der Waals surface area contributed by atoms with E-state index in [1.807, 2.05) is 18.2 Å². The summed E-state index contributed by atoms with van der Waals surface area (Å²) in [5.41, 5.74) is 0.875. The molecule has 1 aromatic carbocycles. The van der Waals surface area contributed by atoms with Crippen LogP contribution in [0.1, 0.15) is 30.9 Å². The molecule has 1 nitrogen and oxygen atoms in total. The van der Waals surface area contributed by atoms with E-state index in [1.165, 1.54) is 0 Å². The molecule has 1 aliphatic rings. The molecule has 0 aromatic heterocycles. The van der Waals surface area contributed by atoms with Gasteiger partial charge in [-0.2, -0.15) is 0 Å². The minimum Gasteiger partial charge on any atom is -0.496 e. The van der Waals surface area contributed by atoms with Gasteiger partial charge in [-0.1, -0.05) is 13.0 Å². The molecule has 0 spiro atoms. The first-order chi connectivity index (χ1) is 6.69. The highest BCUT2D eigenvalue weighted by Gasteiger charge is 2.45. The monoisotopic (exact) mass is 194 g/mol. The number of halogens is 1. The molecule has 0 N–H and O–H groups in total. The third-order valence-electron chi connectivity index (χ3n) is 2.87. The largest absolute Gasteiger partial charge is 0.496 e. The Morgan fingerprint density at radius 3 is 2.64 bits per heavy atom. The van der Waals surface area contributed by atoms with E-state index in [4.69, 9.17) is 4.74 Å². The number of alkyl halides is 1. The van der Waals surface area contributed by atoms with Crippen molar-refractivity contribution in [3.63, 3.8) is 0 Å². The lowest BCUT2D eigenvalue weighted by molar-refractivity contribution is 0.316. The Bertz CT molecular complexity index is 342. The van der Waals surface area contributed by atoms with Crippen LogP contribution in [0.3, 0.4) is 0 Å². The zero-order chi connectivity index (χ0) is 10.2. The molecule has 1 aliphatic carbocycles. The van der Waals surface area contributed by atoms with Crippen LogP contribution in [0.25, 0.3) is 0 Å². The lowest BCUT2D eigenvalue weighted by Gasteiger charge is -2.11. The summed E-state index contributed by atoms with van der Waals surface area (Å²) >= 11 is 0. The summed E-state index contributed by atoms with van der Waals surface area (Å²) in [6, 6.07) is 5.64. The van der Waals surface area contributed by atoms with Crippen molar-refractivity contribution < 1.29 is 9.13 Å². The standard InChI is InChI=1S/C12H15FO/c1-3-9-8-10(12(13)6-7-12)4-5-11(9)14-2/h4-5,8H,3,6-7H2,1-2H3. The maximum atomic E-state index is 13.7. The summed E-state index contributed by atoms with van der Waals surface area (Å²) in [4.78, 5) is 0. The van der Waals surface area contributed by atoms with Crippen LogP contribution in [-0.2, 0) is 12.1 Å². The number of rotatable bonds is 3. The number of ether oxygens (including phenoxy) is 1. The van der Waals surface area contributed by atoms with E-state index in [9.17, 15) is 4.39 Å². The molecular formula is C12H15FO. The zero-order valence-corrected chi connectivity index (χ0v) is 8.64. The quantitative estimate of drug-likeness (QED) is 0.717. The fourth-order valence-electron chi connectivity index (χ4n) is 1.73. The van der Waals surface area contributed by atoms with Crippen molar-refractivity contribution in [2.75, 3.05) is 7.11 Å². The third kappa shape index (κ3) is 1.49. The molecule has 0 amide bonds. The summed E-state index contributed by atoms with van der Waals surface area (Å²) < 4.78 is 18.9. The molecule has 0 aliphatic heterocycles. The summed E-state index contributed by atoms with van der Waals surface area (Å²) in [7, 11) is 1.65. The van der Waals surface area contributed by atoms with E-state index in [2.05, 4.69) is 6.92 Å². The summed E-state index contributed by atoms with van der Waals surface area (Å²) in [5, 5.41) is 0. The van der Waals surface area contributed by atoms with Gasteiger partial charge in [-0.25, -0.2) is 4.39 Å². The van der Waals surface area contributed by atoms with Gasteiger partial charge in [0.15, 0.2) is 0 Å². The Morgan fingerprint density at radius 2 is 2.14 bits per heavy atom. The number of hydrogen-bond acceptors (Lipinski definition) is 1. The van der Waals surface area contributed by atoms with Gasteiger partial charge in [-0.3, -0.25) is 0 Å². The smallest absolute Gasteiger partial charge is 0.136 e. The Hall–Kier alpha value is -1.05. The second kappa shape index (κ2) is 3.26. The molecule has 0 unspecified atom stereocenters. The number of aryl methyl sites for hydroxylation is 1. The number of benzene rings is 1. The molecule has 0 atom stereocenters. The molecule has 76 valence electrons. The van der Waals surface area contributed by atoms with Crippen molar-refractivity contribution in [3.05, 3.63) is 29.3 Å². The topological polar surface area (TPSA) is 9.23 Å². The normalized spacial score (nSPS) is 17.9. The van der Waals surface area contributed by atoms with E-state index in [-0.39, 0.29) is 0 Å². The van der Waals surface area contributed by atoms with Crippen LogP contribution in [0, 0.1) is 0 Å². The van der Waals surface area contributed by atoms with Crippen LogP contribution < -0.4 is 4.74 Å². The van der Waals surface area contributed by atoms with Crippen LogP contribution >= 0.6 is 0 Å². The fraction of sp³-hybridized carbons (Fsp3) is 0.500.